The second-order valence-electron chi connectivity index (χ2n) is 6.46. The first-order valence-electron chi connectivity index (χ1n) is 8.54. The van der Waals surface area contributed by atoms with Crippen molar-refractivity contribution in [2.75, 3.05) is 26.2 Å². The molecule has 1 aliphatic rings. The third kappa shape index (κ3) is 4.90. The molecule has 1 saturated heterocycles. The number of sulfonamides is 1. The Kier molecular flexibility index (Phi) is 6.23. The maximum Gasteiger partial charge on any atom is 0.416 e. The molecule has 0 saturated carbocycles. The van der Waals surface area contributed by atoms with Crippen LogP contribution in [-0.4, -0.2) is 54.7 Å². The quantitative estimate of drug-likeness (QED) is 0.692. The summed E-state index contributed by atoms with van der Waals surface area (Å²) >= 11 is 7.31. The lowest BCUT2D eigenvalue weighted by molar-refractivity contribution is -0.137. The van der Waals surface area contributed by atoms with Crippen molar-refractivity contribution in [3.8, 4) is 0 Å². The van der Waals surface area contributed by atoms with Gasteiger partial charge in [-0.3, -0.25) is 4.79 Å². The van der Waals surface area contributed by atoms with Gasteiger partial charge in [0.15, 0.2) is 0 Å². The van der Waals surface area contributed by atoms with Crippen LogP contribution in [0.3, 0.4) is 0 Å². The van der Waals surface area contributed by atoms with Crippen LogP contribution < -0.4 is 0 Å². The largest absolute Gasteiger partial charge is 0.416 e. The van der Waals surface area contributed by atoms with Gasteiger partial charge in [-0.2, -0.15) is 17.5 Å². The molecule has 0 aliphatic carbocycles. The summed E-state index contributed by atoms with van der Waals surface area (Å²) in [5.74, 6) is -0.176. The zero-order chi connectivity index (χ0) is 21.4. The Labute approximate surface area is 175 Å². The van der Waals surface area contributed by atoms with E-state index in [1.165, 1.54) is 16.2 Å². The van der Waals surface area contributed by atoms with Gasteiger partial charge in [0.1, 0.15) is 4.90 Å². The van der Waals surface area contributed by atoms with Crippen molar-refractivity contribution < 1.29 is 26.4 Å². The molecule has 1 aromatic carbocycles. The molecule has 0 spiro atoms. The van der Waals surface area contributed by atoms with E-state index >= 15 is 0 Å². The highest BCUT2D eigenvalue weighted by Gasteiger charge is 2.35. The van der Waals surface area contributed by atoms with Gasteiger partial charge in [-0.05, 0) is 25.1 Å². The monoisotopic (exact) mass is 467 g/mol. The van der Waals surface area contributed by atoms with Crippen molar-refractivity contribution in [2.24, 2.45) is 0 Å². The molecule has 2 aromatic rings. The zero-order valence-corrected chi connectivity index (χ0v) is 17.6. The standard InChI is InChI=1S/C17H17ClF3N3O3S2/c1-11-22-13(10-28-11)9-16(25)23-4-6-24(7-5-23)29(26,27)15-8-12(17(19,20)21)2-3-14(15)18/h2-3,8,10H,4-7,9H2,1H3. The normalized spacial score (nSPS) is 16.2. The molecule has 0 N–H and O–H groups in total. The Bertz CT molecular complexity index is 1020. The van der Waals surface area contributed by atoms with E-state index in [9.17, 15) is 26.4 Å². The van der Waals surface area contributed by atoms with E-state index in [0.29, 0.717) is 11.8 Å². The summed E-state index contributed by atoms with van der Waals surface area (Å²) in [4.78, 5) is 17.6. The van der Waals surface area contributed by atoms with Crippen LogP contribution in [0.1, 0.15) is 16.3 Å². The molecule has 3 rings (SSSR count). The van der Waals surface area contributed by atoms with Gasteiger partial charge >= 0.3 is 6.18 Å². The van der Waals surface area contributed by atoms with E-state index < -0.39 is 26.7 Å². The average Bonchev–Trinajstić information content (AvgIpc) is 3.05. The third-order valence-electron chi connectivity index (χ3n) is 4.47. The van der Waals surface area contributed by atoms with Crippen molar-refractivity contribution >= 4 is 38.9 Å². The first-order chi connectivity index (χ1) is 13.5. The summed E-state index contributed by atoms with van der Waals surface area (Å²) in [6.45, 7) is 2.05. The molecular weight excluding hydrogens is 451 g/mol. The number of carbonyl (C=O) groups is 1. The second-order valence-corrected chi connectivity index (χ2v) is 9.84. The lowest BCUT2D eigenvalue weighted by Crippen LogP contribution is -2.50. The molecule has 1 aliphatic heterocycles. The first-order valence-corrected chi connectivity index (χ1v) is 11.2. The molecule has 0 unspecified atom stereocenters. The highest BCUT2D eigenvalue weighted by atomic mass is 35.5. The topological polar surface area (TPSA) is 70.6 Å². The Morgan fingerprint density at radius 1 is 1.24 bits per heavy atom. The number of carbonyl (C=O) groups excluding carboxylic acids is 1. The number of piperazine rings is 1. The smallest absolute Gasteiger partial charge is 0.340 e. The number of thiazole rings is 1. The summed E-state index contributed by atoms with van der Waals surface area (Å²) in [6.07, 6.45) is -4.56. The fraction of sp³-hybridized carbons (Fsp3) is 0.412. The highest BCUT2D eigenvalue weighted by molar-refractivity contribution is 7.89. The average molecular weight is 468 g/mol. The van der Waals surface area contributed by atoms with Gasteiger partial charge in [0.05, 0.1) is 27.7 Å². The highest BCUT2D eigenvalue weighted by Crippen LogP contribution is 2.34. The summed E-state index contributed by atoms with van der Waals surface area (Å²) in [5, 5.41) is 2.36. The molecular formula is C17H17ClF3N3O3S2. The Morgan fingerprint density at radius 3 is 2.45 bits per heavy atom. The van der Waals surface area contributed by atoms with Crippen molar-refractivity contribution in [2.45, 2.75) is 24.4 Å². The number of rotatable bonds is 4. The number of hydrogen-bond acceptors (Lipinski definition) is 5. The van der Waals surface area contributed by atoms with E-state index in [4.69, 9.17) is 11.6 Å². The van der Waals surface area contributed by atoms with Gasteiger partial charge in [0.25, 0.3) is 0 Å². The van der Waals surface area contributed by atoms with Crippen LogP contribution in [-0.2, 0) is 27.4 Å². The summed E-state index contributed by atoms with van der Waals surface area (Å²) in [5.41, 5.74) is -0.434. The zero-order valence-electron chi connectivity index (χ0n) is 15.2. The molecule has 158 valence electrons. The minimum Gasteiger partial charge on any atom is -0.340 e. The van der Waals surface area contributed by atoms with E-state index in [1.54, 1.807) is 5.38 Å². The number of amides is 1. The number of benzene rings is 1. The molecule has 2 heterocycles. The number of hydrogen-bond donors (Lipinski definition) is 0. The molecule has 0 radical (unpaired) electrons. The fourth-order valence-corrected chi connectivity index (χ4v) is 5.49. The Hall–Kier alpha value is -1.69. The van der Waals surface area contributed by atoms with Crippen LogP contribution in [0, 0.1) is 6.92 Å². The molecule has 1 aromatic heterocycles. The van der Waals surface area contributed by atoms with Gasteiger partial charge in [0.2, 0.25) is 15.9 Å². The van der Waals surface area contributed by atoms with Crippen molar-refractivity contribution in [3.05, 3.63) is 44.9 Å². The molecule has 0 atom stereocenters. The molecule has 0 bridgehead atoms. The van der Waals surface area contributed by atoms with Crippen LogP contribution in [0.25, 0.3) is 0 Å². The number of halogens is 4. The third-order valence-corrected chi connectivity index (χ3v) is 7.67. The second kappa shape index (κ2) is 8.21. The van der Waals surface area contributed by atoms with E-state index in [1.807, 2.05) is 6.92 Å². The van der Waals surface area contributed by atoms with E-state index in [-0.39, 0.29) is 43.5 Å². The molecule has 1 fully saturated rings. The fourth-order valence-electron chi connectivity index (χ4n) is 2.95. The Balaban J connectivity index is 1.71. The first kappa shape index (κ1) is 22.0. The minimum absolute atomic E-state index is 0.0310. The predicted octanol–water partition coefficient (Wildman–Crippen LogP) is 3.20. The lowest BCUT2D eigenvalue weighted by Gasteiger charge is -2.34. The van der Waals surface area contributed by atoms with Crippen LogP contribution >= 0.6 is 22.9 Å². The summed E-state index contributed by atoms with van der Waals surface area (Å²) in [7, 11) is -4.23. The van der Waals surface area contributed by atoms with Crippen LogP contribution in [0.15, 0.2) is 28.5 Å². The lowest BCUT2D eigenvalue weighted by atomic mass is 10.2. The van der Waals surface area contributed by atoms with Crippen LogP contribution in [0.2, 0.25) is 5.02 Å². The van der Waals surface area contributed by atoms with Crippen LogP contribution in [0.4, 0.5) is 13.2 Å². The maximum atomic E-state index is 13.0. The molecule has 29 heavy (non-hydrogen) atoms. The molecule has 12 heteroatoms. The molecule has 6 nitrogen and oxygen atoms in total. The Morgan fingerprint density at radius 2 is 1.90 bits per heavy atom. The van der Waals surface area contributed by atoms with E-state index in [2.05, 4.69) is 4.98 Å². The maximum absolute atomic E-state index is 13.0. The van der Waals surface area contributed by atoms with Gasteiger partial charge in [-0.15, -0.1) is 11.3 Å². The van der Waals surface area contributed by atoms with Gasteiger partial charge < -0.3 is 4.90 Å². The number of nitrogens with zero attached hydrogens (tertiary/aromatic N) is 3. The SMILES string of the molecule is Cc1nc(CC(=O)N2CCN(S(=O)(=O)c3cc(C(F)(F)F)ccc3Cl)CC2)cs1. The van der Waals surface area contributed by atoms with Gasteiger partial charge in [-0.25, -0.2) is 13.4 Å². The molecule has 1 amide bonds. The summed E-state index contributed by atoms with van der Waals surface area (Å²) < 4.78 is 65.5. The predicted molar refractivity (Wildman–Crippen MR) is 102 cm³/mol. The van der Waals surface area contributed by atoms with Crippen molar-refractivity contribution in [1.29, 1.82) is 0 Å². The van der Waals surface area contributed by atoms with Crippen LogP contribution in [0.5, 0.6) is 0 Å². The van der Waals surface area contributed by atoms with Crippen molar-refractivity contribution in [1.82, 2.24) is 14.2 Å². The minimum atomic E-state index is -4.69. The number of aryl methyl sites for hydroxylation is 1. The summed E-state index contributed by atoms with van der Waals surface area (Å²) in [6, 6.07) is 2.20. The van der Waals surface area contributed by atoms with Gasteiger partial charge in [-0.1, -0.05) is 11.6 Å². The number of aromatic nitrogens is 1. The van der Waals surface area contributed by atoms with E-state index in [0.717, 1.165) is 21.4 Å². The number of alkyl halides is 3. The van der Waals surface area contributed by atoms with Crippen molar-refractivity contribution in [3.63, 3.8) is 0 Å². The van der Waals surface area contributed by atoms with Gasteiger partial charge in [0, 0.05) is 31.6 Å².